The van der Waals surface area contributed by atoms with Crippen LogP contribution in [-0.2, 0) is 14.8 Å². The standard InChI is InChI=1S/C17H16F2N2O4S/c1-10-9-21(11(2)22)15-8-12(6-7-16(15)25-10)26(23,24)20-17-13(18)4-3-5-14(17)19/h3-8,10,20H,9H2,1-2H3. The van der Waals surface area contributed by atoms with E-state index in [0.717, 1.165) is 18.2 Å². The first-order chi connectivity index (χ1) is 12.2. The number of rotatable bonds is 3. The number of nitrogens with one attached hydrogen (secondary N) is 1. The molecular formula is C17H16F2N2O4S. The highest BCUT2D eigenvalue weighted by Gasteiger charge is 2.28. The highest BCUT2D eigenvalue weighted by molar-refractivity contribution is 7.92. The summed E-state index contributed by atoms with van der Waals surface area (Å²) in [5.41, 5.74) is -0.481. The first-order valence-corrected chi connectivity index (χ1v) is 9.23. The number of hydrogen-bond acceptors (Lipinski definition) is 4. The van der Waals surface area contributed by atoms with Gasteiger partial charge in [-0.15, -0.1) is 0 Å². The minimum absolute atomic E-state index is 0.247. The third-order valence-electron chi connectivity index (χ3n) is 3.88. The molecule has 1 heterocycles. The van der Waals surface area contributed by atoms with Gasteiger partial charge in [0.05, 0.1) is 17.1 Å². The van der Waals surface area contributed by atoms with Crippen molar-refractivity contribution in [1.29, 1.82) is 0 Å². The number of hydrogen-bond donors (Lipinski definition) is 1. The number of fused-ring (bicyclic) bond motifs is 1. The molecule has 138 valence electrons. The lowest BCUT2D eigenvalue weighted by atomic mass is 10.2. The second-order valence-electron chi connectivity index (χ2n) is 5.89. The first kappa shape index (κ1) is 18.1. The molecule has 1 aliphatic rings. The van der Waals surface area contributed by atoms with Gasteiger partial charge in [-0.3, -0.25) is 9.52 Å². The van der Waals surface area contributed by atoms with Crippen LogP contribution in [0, 0.1) is 11.6 Å². The Labute approximate surface area is 149 Å². The van der Waals surface area contributed by atoms with Crippen LogP contribution in [0.2, 0.25) is 0 Å². The Kier molecular flexibility index (Phi) is 4.57. The van der Waals surface area contributed by atoms with Crippen LogP contribution in [-0.4, -0.2) is 27.0 Å². The van der Waals surface area contributed by atoms with Crippen LogP contribution >= 0.6 is 0 Å². The van der Waals surface area contributed by atoms with E-state index in [9.17, 15) is 22.0 Å². The van der Waals surface area contributed by atoms with E-state index in [4.69, 9.17) is 4.74 Å². The molecule has 0 fully saturated rings. The van der Waals surface area contributed by atoms with Crippen LogP contribution in [0.5, 0.6) is 5.75 Å². The summed E-state index contributed by atoms with van der Waals surface area (Å²) >= 11 is 0. The van der Waals surface area contributed by atoms with Gasteiger partial charge in [-0.05, 0) is 37.3 Å². The smallest absolute Gasteiger partial charge is 0.262 e. The molecule has 1 aliphatic heterocycles. The van der Waals surface area contributed by atoms with Crippen LogP contribution < -0.4 is 14.4 Å². The van der Waals surface area contributed by atoms with Gasteiger partial charge in [0.25, 0.3) is 10.0 Å². The fraction of sp³-hybridized carbons (Fsp3) is 0.235. The van der Waals surface area contributed by atoms with Gasteiger partial charge in [0, 0.05) is 6.92 Å². The van der Waals surface area contributed by atoms with E-state index in [1.807, 2.05) is 4.72 Å². The first-order valence-electron chi connectivity index (χ1n) is 7.74. The average molecular weight is 382 g/mol. The predicted molar refractivity (Wildman–Crippen MR) is 91.7 cm³/mol. The Hall–Kier alpha value is -2.68. The number of carbonyl (C=O) groups is 1. The van der Waals surface area contributed by atoms with E-state index >= 15 is 0 Å². The summed E-state index contributed by atoms with van der Waals surface area (Å²) in [5.74, 6) is -1.98. The zero-order chi connectivity index (χ0) is 19.1. The molecule has 2 aromatic rings. The lowest BCUT2D eigenvalue weighted by Gasteiger charge is -2.33. The van der Waals surface area contributed by atoms with E-state index in [-0.39, 0.29) is 29.1 Å². The Balaban J connectivity index is 2.02. The van der Waals surface area contributed by atoms with Crippen LogP contribution in [0.3, 0.4) is 0 Å². The number of carbonyl (C=O) groups excluding carboxylic acids is 1. The molecular weight excluding hydrogens is 366 g/mol. The normalized spacial score (nSPS) is 16.6. The molecule has 2 aromatic carbocycles. The molecule has 26 heavy (non-hydrogen) atoms. The second-order valence-corrected chi connectivity index (χ2v) is 7.57. The molecule has 6 nitrogen and oxygen atoms in total. The van der Waals surface area contributed by atoms with Gasteiger partial charge in [-0.1, -0.05) is 6.07 Å². The van der Waals surface area contributed by atoms with Crippen molar-refractivity contribution < 1.29 is 26.7 Å². The van der Waals surface area contributed by atoms with Gasteiger partial charge in [-0.25, -0.2) is 17.2 Å². The molecule has 9 heteroatoms. The Bertz CT molecular complexity index is 958. The van der Waals surface area contributed by atoms with Crippen LogP contribution in [0.15, 0.2) is 41.3 Å². The molecule has 1 amide bonds. The van der Waals surface area contributed by atoms with Crippen molar-refractivity contribution in [2.45, 2.75) is 24.8 Å². The molecule has 0 saturated heterocycles. The number of para-hydroxylation sites is 1. The third kappa shape index (κ3) is 3.34. The highest BCUT2D eigenvalue weighted by atomic mass is 32.2. The topological polar surface area (TPSA) is 75.7 Å². The molecule has 0 radical (unpaired) electrons. The maximum Gasteiger partial charge on any atom is 0.262 e. The number of ether oxygens (including phenoxy) is 1. The number of nitrogens with zero attached hydrogens (tertiary/aromatic N) is 1. The van der Waals surface area contributed by atoms with E-state index in [0.29, 0.717) is 5.75 Å². The van der Waals surface area contributed by atoms with Crippen LogP contribution in [0.25, 0.3) is 0 Å². The van der Waals surface area contributed by atoms with Gasteiger partial charge >= 0.3 is 0 Å². The van der Waals surface area contributed by atoms with Crippen molar-refractivity contribution in [1.82, 2.24) is 0 Å². The van der Waals surface area contributed by atoms with Crippen molar-refractivity contribution >= 4 is 27.3 Å². The lowest BCUT2D eigenvalue weighted by molar-refractivity contribution is -0.117. The summed E-state index contributed by atoms with van der Waals surface area (Å²) in [4.78, 5) is 13.0. The summed E-state index contributed by atoms with van der Waals surface area (Å²) in [5, 5.41) is 0. The van der Waals surface area contributed by atoms with Gasteiger partial charge in [0.15, 0.2) is 0 Å². The van der Waals surface area contributed by atoms with Crippen molar-refractivity contribution in [2.75, 3.05) is 16.2 Å². The summed E-state index contributed by atoms with van der Waals surface area (Å²) in [6.45, 7) is 3.41. The van der Waals surface area contributed by atoms with Gasteiger partial charge in [0.1, 0.15) is 29.2 Å². The number of sulfonamides is 1. The molecule has 0 aromatic heterocycles. The maximum atomic E-state index is 13.7. The molecule has 0 aliphatic carbocycles. The summed E-state index contributed by atoms with van der Waals surface area (Å²) in [7, 11) is -4.28. The fourth-order valence-electron chi connectivity index (χ4n) is 2.67. The summed E-state index contributed by atoms with van der Waals surface area (Å²) < 4.78 is 60.1. The number of amides is 1. The summed E-state index contributed by atoms with van der Waals surface area (Å²) in [6, 6.07) is 6.92. The fourth-order valence-corrected chi connectivity index (χ4v) is 3.77. The summed E-state index contributed by atoms with van der Waals surface area (Å²) in [6.07, 6.45) is -0.250. The molecule has 1 N–H and O–H groups in total. The van der Waals surface area contributed by atoms with Gasteiger partial charge in [0.2, 0.25) is 5.91 Å². The number of benzene rings is 2. The molecule has 0 spiro atoms. The molecule has 1 unspecified atom stereocenters. The van der Waals surface area contributed by atoms with E-state index < -0.39 is 27.3 Å². The molecule has 1 atom stereocenters. The van der Waals surface area contributed by atoms with Crippen molar-refractivity contribution in [3.63, 3.8) is 0 Å². The molecule has 3 rings (SSSR count). The minimum atomic E-state index is -4.28. The van der Waals surface area contributed by atoms with E-state index in [1.54, 1.807) is 6.92 Å². The average Bonchev–Trinajstić information content (AvgIpc) is 2.57. The number of anilines is 2. The molecule has 0 bridgehead atoms. The number of halogens is 2. The highest BCUT2D eigenvalue weighted by Crippen LogP contribution is 2.36. The predicted octanol–water partition coefficient (Wildman–Crippen LogP) is 2.90. The van der Waals surface area contributed by atoms with E-state index in [1.165, 1.54) is 30.0 Å². The van der Waals surface area contributed by atoms with Crippen molar-refractivity contribution in [3.05, 3.63) is 48.0 Å². The van der Waals surface area contributed by atoms with E-state index in [2.05, 4.69) is 0 Å². The quantitative estimate of drug-likeness (QED) is 0.886. The van der Waals surface area contributed by atoms with Crippen LogP contribution in [0.1, 0.15) is 13.8 Å². The van der Waals surface area contributed by atoms with Gasteiger partial charge in [-0.2, -0.15) is 0 Å². The monoisotopic (exact) mass is 382 g/mol. The maximum absolute atomic E-state index is 13.7. The second kappa shape index (κ2) is 6.56. The Morgan fingerprint density at radius 1 is 1.23 bits per heavy atom. The Morgan fingerprint density at radius 3 is 2.50 bits per heavy atom. The minimum Gasteiger partial charge on any atom is -0.487 e. The van der Waals surface area contributed by atoms with Crippen LogP contribution in [0.4, 0.5) is 20.2 Å². The SMILES string of the molecule is CC(=O)N1CC(C)Oc2ccc(S(=O)(=O)Nc3c(F)cccc3F)cc21. The zero-order valence-electron chi connectivity index (χ0n) is 14.0. The van der Waals surface area contributed by atoms with Gasteiger partial charge < -0.3 is 9.64 Å². The third-order valence-corrected chi connectivity index (χ3v) is 5.23. The van der Waals surface area contributed by atoms with Crippen molar-refractivity contribution in [2.24, 2.45) is 0 Å². The zero-order valence-corrected chi connectivity index (χ0v) is 14.8. The lowest BCUT2D eigenvalue weighted by Crippen LogP contribution is -2.41. The largest absolute Gasteiger partial charge is 0.487 e. The molecule has 0 saturated carbocycles. The Morgan fingerprint density at radius 2 is 1.88 bits per heavy atom. The van der Waals surface area contributed by atoms with Crippen molar-refractivity contribution in [3.8, 4) is 5.75 Å².